The number of hydrogen-bond acceptors (Lipinski definition) is 6. The molecule has 3 aromatic rings. The van der Waals surface area contributed by atoms with Crippen LogP contribution in [0.2, 0.25) is 0 Å². The lowest BCUT2D eigenvalue weighted by molar-refractivity contribution is -0.117. The third-order valence-electron chi connectivity index (χ3n) is 5.16. The molecule has 1 aromatic heterocycles. The van der Waals surface area contributed by atoms with E-state index in [0.29, 0.717) is 6.54 Å². The molecular weight excluding hydrogens is 366 g/mol. The number of aryl methyl sites for hydroxylation is 1. The molecule has 150 valence electrons. The van der Waals surface area contributed by atoms with Gasteiger partial charge in [0.2, 0.25) is 5.91 Å². The van der Waals surface area contributed by atoms with Crippen LogP contribution in [0.4, 0.5) is 5.69 Å². The topological polar surface area (TPSA) is 79.2 Å². The van der Waals surface area contributed by atoms with E-state index in [9.17, 15) is 4.79 Å². The van der Waals surface area contributed by atoms with Crippen LogP contribution in [0.1, 0.15) is 11.1 Å². The summed E-state index contributed by atoms with van der Waals surface area (Å²) in [5, 5.41) is 14.2. The minimum atomic E-state index is 0.0103. The second kappa shape index (κ2) is 8.93. The maximum absolute atomic E-state index is 12.5. The minimum absolute atomic E-state index is 0.0103. The van der Waals surface area contributed by atoms with Crippen molar-refractivity contribution in [3.8, 4) is 5.69 Å². The Hall–Kier alpha value is -3.10. The summed E-state index contributed by atoms with van der Waals surface area (Å²) < 4.78 is 1.61. The van der Waals surface area contributed by atoms with Crippen molar-refractivity contribution in [2.24, 2.45) is 0 Å². The number of tetrazole rings is 1. The highest BCUT2D eigenvalue weighted by Gasteiger charge is 2.19. The number of aromatic nitrogens is 4. The van der Waals surface area contributed by atoms with E-state index in [2.05, 4.69) is 54.9 Å². The Morgan fingerprint density at radius 3 is 2.48 bits per heavy atom. The van der Waals surface area contributed by atoms with E-state index in [1.165, 1.54) is 5.56 Å². The maximum Gasteiger partial charge on any atom is 0.238 e. The highest BCUT2D eigenvalue weighted by molar-refractivity contribution is 5.92. The van der Waals surface area contributed by atoms with Gasteiger partial charge < -0.3 is 5.32 Å². The largest absolute Gasteiger partial charge is 0.325 e. The van der Waals surface area contributed by atoms with Crippen molar-refractivity contribution >= 4 is 11.6 Å². The molecule has 1 aliphatic heterocycles. The monoisotopic (exact) mass is 391 g/mol. The summed E-state index contributed by atoms with van der Waals surface area (Å²) >= 11 is 0. The van der Waals surface area contributed by atoms with E-state index in [-0.39, 0.29) is 5.91 Å². The third-order valence-corrected chi connectivity index (χ3v) is 5.16. The van der Waals surface area contributed by atoms with Crippen LogP contribution >= 0.6 is 0 Å². The van der Waals surface area contributed by atoms with Gasteiger partial charge in [0, 0.05) is 38.4 Å². The van der Waals surface area contributed by atoms with Gasteiger partial charge in [-0.05, 0) is 46.7 Å². The van der Waals surface area contributed by atoms with Crippen LogP contribution in [0.15, 0.2) is 54.9 Å². The van der Waals surface area contributed by atoms with Crippen LogP contribution in [0.25, 0.3) is 5.69 Å². The Morgan fingerprint density at radius 2 is 1.79 bits per heavy atom. The molecule has 8 nitrogen and oxygen atoms in total. The molecule has 0 aliphatic carbocycles. The third kappa shape index (κ3) is 5.04. The molecule has 1 aliphatic rings. The second-order valence-corrected chi connectivity index (χ2v) is 7.34. The van der Waals surface area contributed by atoms with Crippen molar-refractivity contribution in [3.05, 3.63) is 66.0 Å². The summed E-state index contributed by atoms with van der Waals surface area (Å²) in [7, 11) is 0. The predicted molar refractivity (Wildman–Crippen MR) is 111 cm³/mol. The zero-order valence-corrected chi connectivity index (χ0v) is 16.5. The molecule has 8 heteroatoms. The summed E-state index contributed by atoms with van der Waals surface area (Å²) in [5.41, 5.74) is 4.00. The fraction of sp³-hybridized carbons (Fsp3) is 0.333. The molecule has 1 fully saturated rings. The van der Waals surface area contributed by atoms with Crippen LogP contribution in [-0.2, 0) is 11.3 Å². The van der Waals surface area contributed by atoms with E-state index >= 15 is 0 Å². The Bertz CT molecular complexity index is 935. The summed E-state index contributed by atoms with van der Waals surface area (Å²) in [6.07, 6.45) is 1.55. The Morgan fingerprint density at radius 1 is 1.03 bits per heavy atom. The first-order chi connectivity index (χ1) is 14.2. The first kappa shape index (κ1) is 19.2. The van der Waals surface area contributed by atoms with Crippen molar-refractivity contribution in [1.29, 1.82) is 0 Å². The highest BCUT2D eigenvalue weighted by atomic mass is 16.2. The number of amides is 1. The quantitative estimate of drug-likeness (QED) is 0.689. The molecule has 1 amide bonds. The zero-order valence-electron chi connectivity index (χ0n) is 16.5. The molecule has 0 bridgehead atoms. The molecule has 0 radical (unpaired) electrons. The van der Waals surface area contributed by atoms with E-state index in [1.54, 1.807) is 11.0 Å². The molecule has 1 saturated heterocycles. The lowest BCUT2D eigenvalue weighted by atomic mass is 10.1. The number of carbonyl (C=O) groups is 1. The van der Waals surface area contributed by atoms with Gasteiger partial charge in [-0.3, -0.25) is 14.6 Å². The second-order valence-electron chi connectivity index (χ2n) is 7.34. The number of carbonyl (C=O) groups excluding carboxylic acids is 1. The number of anilines is 1. The Labute approximate surface area is 170 Å². The number of nitrogens with zero attached hydrogens (tertiary/aromatic N) is 6. The van der Waals surface area contributed by atoms with Crippen LogP contribution in [0.3, 0.4) is 0 Å². The first-order valence-corrected chi connectivity index (χ1v) is 9.80. The van der Waals surface area contributed by atoms with Gasteiger partial charge in [0.05, 0.1) is 12.2 Å². The van der Waals surface area contributed by atoms with Gasteiger partial charge in [0.25, 0.3) is 0 Å². The van der Waals surface area contributed by atoms with Gasteiger partial charge in [-0.1, -0.05) is 30.3 Å². The molecule has 29 heavy (non-hydrogen) atoms. The van der Waals surface area contributed by atoms with E-state index in [0.717, 1.165) is 49.7 Å². The zero-order chi connectivity index (χ0) is 20.1. The number of rotatable bonds is 6. The molecule has 0 unspecified atom stereocenters. The van der Waals surface area contributed by atoms with Crippen molar-refractivity contribution in [2.75, 3.05) is 38.0 Å². The molecule has 4 rings (SSSR count). The van der Waals surface area contributed by atoms with Gasteiger partial charge in [0.1, 0.15) is 6.33 Å². The molecule has 0 spiro atoms. The van der Waals surface area contributed by atoms with Crippen molar-refractivity contribution in [3.63, 3.8) is 0 Å². The average Bonchev–Trinajstić information content (AvgIpc) is 3.25. The fourth-order valence-electron chi connectivity index (χ4n) is 3.61. The van der Waals surface area contributed by atoms with Gasteiger partial charge in [-0.25, -0.2) is 4.68 Å². The van der Waals surface area contributed by atoms with Crippen molar-refractivity contribution in [2.45, 2.75) is 13.5 Å². The maximum atomic E-state index is 12.5. The van der Waals surface area contributed by atoms with Gasteiger partial charge in [0.15, 0.2) is 0 Å². The van der Waals surface area contributed by atoms with Crippen molar-refractivity contribution < 1.29 is 4.79 Å². The standard InChI is InChI=1S/C21H25N7O/c1-17-13-19(7-8-20(17)28-16-22-24-25-28)23-21(29)15-27-11-9-26(10-12-27)14-18-5-3-2-4-6-18/h2-8,13,16H,9-12,14-15H2,1H3,(H,23,29). The van der Waals surface area contributed by atoms with Gasteiger partial charge in [-0.15, -0.1) is 5.10 Å². The van der Waals surface area contributed by atoms with Crippen LogP contribution < -0.4 is 5.32 Å². The Balaban J connectivity index is 1.26. The molecule has 0 saturated carbocycles. The van der Waals surface area contributed by atoms with E-state index in [4.69, 9.17) is 0 Å². The summed E-state index contributed by atoms with van der Waals surface area (Å²) in [6, 6.07) is 16.2. The van der Waals surface area contributed by atoms with Crippen LogP contribution in [0.5, 0.6) is 0 Å². The predicted octanol–water partition coefficient (Wildman–Crippen LogP) is 1.73. The first-order valence-electron chi connectivity index (χ1n) is 9.80. The van der Waals surface area contributed by atoms with E-state index in [1.807, 2.05) is 31.2 Å². The fourth-order valence-corrected chi connectivity index (χ4v) is 3.61. The molecular formula is C21H25N7O. The lowest BCUT2D eigenvalue weighted by Crippen LogP contribution is -2.48. The Kier molecular flexibility index (Phi) is 5.92. The van der Waals surface area contributed by atoms with Crippen LogP contribution in [-0.4, -0.2) is 68.6 Å². The molecule has 0 atom stereocenters. The van der Waals surface area contributed by atoms with Crippen LogP contribution in [0, 0.1) is 6.92 Å². The number of hydrogen-bond donors (Lipinski definition) is 1. The summed E-state index contributed by atoms with van der Waals surface area (Å²) in [5.74, 6) is 0.0103. The van der Waals surface area contributed by atoms with Gasteiger partial charge in [-0.2, -0.15) is 0 Å². The lowest BCUT2D eigenvalue weighted by Gasteiger charge is -2.34. The minimum Gasteiger partial charge on any atom is -0.325 e. The number of piperazine rings is 1. The number of nitrogens with one attached hydrogen (secondary N) is 1. The smallest absolute Gasteiger partial charge is 0.238 e. The normalized spacial score (nSPS) is 15.3. The van der Waals surface area contributed by atoms with Crippen molar-refractivity contribution in [1.82, 2.24) is 30.0 Å². The summed E-state index contributed by atoms with van der Waals surface area (Å²) in [6.45, 7) is 7.10. The molecule has 2 heterocycles. The number of benzene rings is 2. The van der Waals surface area contributed by atoms with Gasteiger partial charge >= 0.3 is 0 Å². The summed E-state index contributed by atoms with van der Waals surface area (Å²) in [4.78, 5) is 17.1. The molecule has 1 N–H and O–H groups in total. The highest BCUT2D eigenvalue weighted by Crippen LogP contribution is 2.18. The average molecular weight is 391 g/mol. The van der Waals surface area contributed by atoms with E-state index < -0.39 is 0 Å². The SMILES string of the molecule is Cc1cc(NC(=O)CN2CCN(Cc3ccccc3)CC2)ccc1-n1cnnn1. The molecule has 2 aromatic carbocycles.